The molecule has 3 heterocycles. The molecule has 12 heteroatoms. The third kappa shape index (κ3) is 5.88. The second-order valence-corrected chi connectivity index (χ2v) is 16.3. The lowest BCUT2D eigenvalue weighted by Gasteiger charge is -2.35. The van der Waals surface area contributed by atoms with Gasteiger partial charge in [-0.25, -0.2) is 4.79 Å². The fourth-order valence-corrected chi connectivity index (χ4v) is 5.44. The minimum Gasteiger partial charge on any atom is -0.487 e. The topological polar surface area (TPSA) is 138 Å². The van der Waals surface area contributed by atoms with Crippen LogP contribution in [0.5, 0.6) is 5.75 Å². The van der Waals surface area contributed by atoms with Crippen molar-refractivity contribution in [1.82, 2.24) is 20.4 Å². The predicted molar refractivity (Wildman–Crippen MR) is 132 cm³/mol. The summed E-state index contributed by atoms with van der Waals surface area (Å²) >= 11 is 0. The largest absolute Gasteiger partial charge is 0.487 e. The van der Waals surface area contributed by atoms with Gasteiger partial charge in [0, 0.05) is 46.3 Å². The van der Waals surface area contributed by atoms with Crippen molar-refractivity contribution < 1.29 is 33.8 Å². The Hall–Kier alpha value is -2.96. The van der Waals surface area contributed by atoms with Crippen molar-refractivity contribution in [2.45, 2.75) is 63.3 Å². The first-order valence-corrected chi connectivity index (χ1v) is 16.0. The minimum atomic E-state index is -1.30. The number of hydrogen-bond acceptors (Lipinski definition) is 7. The van der Waals surface area contributed by atoms with E-state index in [2.05, 4.69) is 30.3 Å². The van der Waals surface area contributed by atoms with E-state index in [-0.39, 0.29) is 50.1 Å². The molecule has 2 saturated heterocycles. The Morgan fingerprint density at radius 1 is 1.22 bits per heavy atom. The molecule has 0 aromatic heterocycles. The van der Waals surface area contributed by atoms with Crippen LogP contribution in [0, 0.1) is 0 Å². The van der Waals surface area contributed by atoms with Gasteiger partial charge in [-0.05, 0) is 36.2 Å². The zero-order valence-electron chi connectivity index (χ0n) is 20.9. The molecule has 3 aliphatic rings. The van der Waals surface area contributed by atoms with Gasteiger partial charge in [-0.3, -0.25) is 19.3 Å². The van der Waals surface area contributed by atoms with Gasteiger partial charge in [0.1, 0.15) is 24.6 Å². The molecular formula is C24H34N4O7Si. The fraction of sp³-hybridized carbons (Fsp3) is 0.583. The summed E-state index contributed by atoms with van der Waals surface area (Å²) in [5.41, 5.74) is 1.23. The Morgan fingerprint density at radius 2 is 2.00 bits per heavy atom. The molecule has 0 bridgehead atoms. The van der Waals surface area contributed by atoms with Crippen molar-refractivity contribution >= 4 is 31.9 Å². The molecule has 0 radical (unpaired) electrons. The molecule has 0 spiro atoms. The Labute approximate surface area is 211 Å². The Balaban J connectivity index is 1.40. The summed E-state index contributed by atoms with van der Waals surface area (Å²) < 4.78 is 11.7. The highest BCUT2D eigenvalue weighted by Gasteiger charge is 2.43. The molecule has 11 nitrogen and oxygen atoms in total. The smallest absolute Gasteiger partial charge is 0.405 e. The second-order valence-electron chi connectivity index (χ2n) is 10.7. The first-order chi connectivity index (χ1) is 17.0. The van der Waals surface area contributed by atoms with E-state index in [1.54, 1.807) is 18.2 Å². The van der Waals surface area contributed by atoms with Crippen LogP contribution < -0.4 is 15.4 Å². The lowest BCUT2D eigenvalue weighted by Crippen LogP contribution is -2.55. The summed E-state index contributed by atoms with van der Waals surface area (Å²) in [6, 6.07) is 4.94. The fourth-order valence-electron chi connectivity index (χ4n) is 4.68. The molecule has 1 unspecified atom stereocenters. The zero-order chi connectivity index (χ0) is 26.0. The third-order valence-corrected chi connectivity index (χ3v) is 8.44. The van der Waals surface area contributed by atoms with Gasteiger partial charge in [-0.15, -0.1) is 0 Å². The van der Waals surface area contributed by atoms with E-state index >= 15 is 0 Å². The number of nitrogens with zero attached hydrogens (tertiary/aromatic N) is 2. The summed E-state index contributed by atoms with van der Waals surface area (Å²) in [6.45, 7) is 8.29. The number of rotatable bonds is 9. The van der Waals surface area contributed by atoms with Crippen molar-refractivity contribution in [1.29, 1.82) is 0 Å². The normalized spacial score (nSPS) is 24.3. The van der Waals surface area contributed by atoms with Gasteiger partial charge in [0.2, 0.25) is 5.91 Å². The highest BCUT2D eigenvalue weighted by molar-refractivity contribution is 6.76. The van der Waals surface area contributed by atoms with Crippen LogP contribution in [-0.4, -0.2) is 91.4 Å². The molecular weight excluding hydrogens is 484 g/mol. The molecule has 1 aromatic carbocycles. The lowest BCUT2D eigenvalue weighted by atomic mass is 10.0. The van der Waals surface area contributed by atoms with Crippen molar-refractivity contribution in [3.63, 3.8) is 0 Å². The van der Waals surface area contributed by atoms with Gasteiger partial charge < -0.3 is 30.1 Å². The number of carbonyl (C=O) groups excluding carboxylic acids is 3. The maximum absolute atomic E-state index is 13.2. The van der Waals surface area contributed by atoms with Gasteiger partial charge in [-0.2, -0.15) is 0 Å². The molecule has 196 valence electrons. The first kappa shape index (κ1) is 26.1. The predicted octanol–water partition coefficient (Wildman–Crippen LogP) is 1.46. The van der Waals surface area contributed by atoms with Crippen LogP contribution in [0.2, 0.25) is 25.7 Å². The maximum atomic E-state index is 13.2. The van der Waals surface area contributed by atoms with Crippen LogP contribution >= 0.6 is 0 Å². The lowest BCUT2D eigenvalue weighted by molar-refractivity contribution is -0.158. The number of hydrogen-bond donors (Lipinski definition) is 3. The summed E-state index contributed by atoms with van der Waals surface area (Å²) in [6.07, 6.45) is -1.04. The molecule has 36 heavy (non-hydrogen) atoms. The third-order valence-electron chi connectivity index (χ3n) is 6.74. The van der Waals surface area contributed by atoms with Crippen LogP contribution in [-0.2, 0) is 20.9 Å². The zero-order valence-corrected chi connectivity index (χ0v) is 21.9. The van der Waals surface area contributed by atoms with Gasteiger partial charge >= 0.3 is 6.09 Å². The number of nitrogens with one attached hydrogen (secondary N) is 2. The number of carbonyl (C=O) groups is 4. The van der Waals surface area contributed by atoms with Gasteiger partial charge in [0.15, 0.2) is 0 Å². The van der Waals surface area contributed by atoms with E-state index in [4.69, 9.17) is 14.6 Å². The number of imide groups is 1. The minimum absolute atomic E-state index is 0.0907. The quantitative estimate of drug-likeness (QED) is 0.254. The van der Waals surface area contributed by atoms with Crippen LogP contribution in [0.25, 0.3) is 0 Å². The van der Waals surface area contributed by atoms with Crippen molar-refractivity contribution in [2.75, 3.05) is 26.4 Å². The summed E-state index contributed by atoms with van der Waals surface area (Å²) in [5.74, 6) is -0.413. The Morgan fingerprint density at radius 3 is 2.72 bits per heavy atom. The average Bonchev–Trinajstić information content (AvgIpc) is 3.35. The molecule has 4 rings (SSSR count). The van der Waals surface area contributed by atoms with Crippen molar-refractivity contribution in [3.05, 3.63) is 29.3 Å². The molecule has 1 aromatic rings. The molecule has 0 saturated carbocycles. The maximum Gasteiger partial charge on any atom is 0.405 e. The van der Waals surface area contributed by atoms with Crippen LogP contribution in [0.3, 0.4) is 0 Å². The molecule has 2 fully saturated rings. The molecule has 3 aliphatic heterocycles. The Kier molecular flexibility index (Phi) is 7.67. The molecule has 3 atom stereocenters. The van der Waals surface area contributed by atoms with E-state index in [0.717, 1.165) is 16.5 Å². The highest BCUT2D eigenvalue weighted by Crippen LogP contribution is 2.32. The van der Waals surface area contributed by atoms with Gasteiger partial charge in [0.25, 0.3) is 11.8 Å². The first-order valence-electron chi connectivity index (χ1n) is 12.3. The summed E-state index contributed by atoms with van der Waals surface area (Å²) in [5, 5.41) is 14.6. The second kappa shape index (κ2) is 10.6. The SMILES string of the molecule is C[Si](C)(C)CCOCN1C(=O)CCC(N2Cc3cc(O[C@H]4CNC[C@@H]4NC(=O)O)ccc3C2=O)C1=O. The molecule has 3 N–H and O–H groups in total. The van der Waals surface area contributed by atoms with E-state index in [1.165, 1.54) is 4.90 Å². The van der Waals surface area contributed by atoms with Crippen LogP contribution in [0.4, 0.5) is 4.79 Å². The number of piperidine rings is 1. The number of amides is 4. The highest BCUT2D eigenvalue weighted by atomic mass is 28.3. The number of benzene rings is 1. The van der Waals surface area contributed by atoms with E-state index < -0.39 is 26.1 Å². The van der Waals surface area contributed by atoms with Crippen molar-refractivity contribution in [3.8, 4) is 5.75 Å². The van der Waals surface area contributed by atoms with Gasteiger partial charge in [-0.1, -0.05) is 19.6 Å². The number of ether oxygens (including phenoxy) is 2. The van der Waals surface area contributed by atoms with Crippen LogP contribution in [0.1, 0.15) is 28.8 Å². The summed E-state index contributed by atoms with van der Waals surface area (Å²) in [7, 11) is -1.30. The molecule has 0 aliphatic carbocycles. The molecule has 4 amide bonds. The standard InChI is InChI=1S/C24H34N4O7Si/c1-36(2,3)9-8-34-14-28-21(29)7-6-19(23(28)31)27-13-15-10-16(4-5-17(15)22(27)30)35-20-12-25-11-18(20)26-24(32)33/h4-5,10,18-20,25-26H,6-9,11-14H2,1-3H3,(H,32,33)/t18-,19?,20-/m0/s1. The summed E-state index contributed by atoms with van der Waals surface area (Å²) in [4.78, 5) is 52.4. The van der Waals surface area contributed by atoms with Crippen molar-refractivity contribution in [2.24, 2.45) is 0 Å². The number of likely N-dealkylation sites (tertiary alicyclic amines) is 1. The number of fused-ring (bicyclic) bond motifs is 1. The van der Waals surface area contributed by atoms with E-state index in [0.29, 0.717) is 31.0 Å². The van der Waals surface area contributed by atoms with Gasteiger partial charge in [0.05, 0.1) is 6.04 Å². The van der Waals surface area contributed by atoms with Crippen LogP contribution in [0.15, 0.2) is 18.2 Å². The van der Waals surface area contributed by atoms with E-state index in [9.17, 15) is 19.2 Å². The van der Waals surface area contributed by atoms with E-state index in [1.807, 2.05) is 0 Å². The number of carboxylic acid groups (broad SMARTS) is 1. The monoisotopic (exact) mass is 518 g/mol. The Bertz CT molecular complexity index is 1040. The average molecular weight is 519 g/mol.